The second-order valence-corrected chi connectivity index (χ2v) is 5.82. The Kier molecular flexibility index (Phi) is 5.46. The third-order valence-electron chi connectivity index (χ3n) is 3.11. The van der Waals surface area contributed by atoms with Gasteiger partial charge in [-0.2, -0.15) is 11.3 Å². The van der Waals surface area contributed by atoms with E-state index in [1.807, 2.05) is 12.1 Å². The first kappa shape index (κ1) is 15.4. The van der Waals surface area contributed by atoms with Crippen LogP contribution in [0.3, 0.4) is 0 Å². The highest BCUT2D eigenvalue weighted by atomic mass is 79.9. The summed E-state index contributed by atoms with van der Waals surface area (Å²) in [7, 11) is 3.33. The fraction of sp³-hybridized carbons (Fsp3) is 0.333. The van der Waals surface area contributed by atoms with E-state index in [1.54, 1.807) is 25.6 Å². The molecule has 0 radical (unpaired) electrons. The highest BCUT2D eigenvalue weighted by Crippen LogP contribution is 2.41. The van der Waals surface area contributed by atoms with Crippen molar-refractivity contribution in [2.75, 3.05) is 20.8 Å². The summed E-state index contributed by atoms with van der Waals surface area (Å²) < 4.78 is 11.8. The van der Waals surface area contributed by atoms with E-state index < -0.39 is 0 Å². The standard InChI is InChI=1S/C15H18BrNO2S/c1-4-17-14(10-7-8-20-9-10)11-5-6-12(18-2)13(16)15(11)19-3/h5-9,14,17H,4H2,1-3H3. The zero-order valence-electron chi connectivity index (χ0n) is 11.8. The second kappa shape index (κ2) is 7.11. The van der Waals surface area contributed by atoms with Crippen molar-refractivity contribution in [1.82, 2.24) is 5.32 Å². The van der Waals surface area contributed by atoms with Gasteiger partial charge in [0.25, 0.3) is 0 Å². The number of hydrogen-bond acceptors (Lipinski definition) is 4. The van der Waals surface area contributed by atoms with E-state index in [-0.39, 0.29) is 6.04 Å². The van der Waals surface area contributed by atoms with Crippen LogP contribution in [0.25, 0.3) is 0 Å². The Morgan fingerprint density at radius 2 is 2.05 bits per heavy atom. The number of thiophene rings is 1. The lowest BCUT2D eigenvalue weighted by Crippen LogP contribution is -2.22. The van der Waals surface area contributed by atoms with Gasteiger partial charge in [-0.3, -0.25) is 0 Å². The smallest absolute Gasteiger partial charge is 0.141 e. The monoisotopic (exact) mass is 355 g/mol. The fourth-order valence-electron chi connectivity index (χ4n) is 2.20. The molecule has 0 amide bonds. The number of methoxy groups -OCH3 is 2. The summed E-state index contributed by atoms with van der Waals surface area (Å²) in [6.07, 6.45) is 0. The summed E-state index contributed by atoms with van der Waals surface area (Å²) in [5.74, 6) is 1.58. The molecule has 20 heavy (non-hydrogen) atoms. The number of benzene rings is 1. The van der Waals surface area contributed by atoms with E-state index in [1.165, 1.54) is 5.56 Å². The van der Waals surface area contributed by atoms with Crippen LogP contribution in [0.15, 0.2) is 33.4 Å². The van der Waals surface area contributed by atoms with Crippen LogP contribution < -0.4 is 14.8 Å². The summed E-state index contributed by atoms with van der Waals surface area (Å²) in [5.41, 5.74) is 2.34. The quantitative estimate of drug-likeness (QED) is 0.840. The fourth-order valence-corrected chi connectivity index (χ4v) is 3.57. The minimum atomic E-state index is 0.114. The largest absolute Gasteiger partial charge is 0.495 e. The van der Waals surface area contributed by atoms with Gasteiger partial charge in [-0.05, 0) is 57.0 Å². The van der Waals surface area contributed by atoms with E-state index >= 15 is 0 Å². The molecular weight excluding hydrogens is 338 g/mol. The summed E-state index contributed by atoms with van der Waals surface area (Å²) in [5, 5.41) is 7.75. The number of rotatable bonds is 6. The molecule has 3 nitrogen and oxygen atoms in total. The lowest BCUT2D eigenvalue weighted by molar-refractivity contribution is 0.383. The Balaban J connectivity index is 2.51. The lowest BCUT2D eigenvalue weighted by Gasteiger charge is -2.21. The molecule has 0 aliphatic heterocycles. The van der Waals surface area contributed by atoms with Crippen LogP contribution >= 0.6 is 27.3 Å². The van der Waals surface area contributed by atoms with Crippen molar-refractivity contribution in [2.45, 2.75) is 13.0 Å². The van der Waals surface area contributed by atoms with Gasteiger partial charge >= 0.3 is 0 Å². The Morgan fingerprint density at radius 3 is 2.60 bits per heavy atom. The van der Waals surface area contributed by atoms with Crippen LogP contribution in [0.2, 0.25) is 0 Å². The SMILES string of the molecule is CCNC(c1ccsc1)c1ccc(OC)c(Br)c1OC. The molecule has 1 heterocycles. The van der Waals surface area contributed by atoms with E-state index in [2.05, 4.69) is 45.0 Å². The molecule has 1 N–H and O–H groups in total. The Morgan fingerprint density at radius 1 is 1.25 bits per heavy atom. The number of ether oxygens (including phenoxy) is 2. The Hall–Kier alpha value is -1.04. The average molecular weight is 356 g/mol. The van der Waals surface area contributed by atoms with Gasteiger partial charge in [-0.25, -0.2) is 0 Å². The van der Waals surface area contributed by atoms with Crippen molar-refractivity contribution in [2.24, 2.45) is 0 Å². The summed E-state index contributed by atoms with van der Waals surface area (Å²) in [6, 6.07) is 6.25. The molecule has 0 aliphatic carbocycles. The number of nitrogens with one attached hydrogen (secondary N) is 1. The third-order valence-corrected chi connectivity index (χ3v) is 4.56. The predicted octanol–water partition coefficient (Wildman–Crippen LogP) is 4.23. The van der Waals surface area contributed by atoms with Gasteiger partial charge in [0.2, 0.25) is 0 Å². The van der Waals surface area contributed by atoms with Crippen molar-refractivity contribution >= 4 is 27.3 Å². The highest BCUT2D eigenvalue weighted by molar-refractivity contribution is 9.10. The molecule has 5 heteroatoms. The van der Waals surface area contributed by atoms with Crippen LogP contribution in [0.1, 0.15) is 24.1 Å². The van der Waals surface area contributed by atoms with Gasteiger partial charge in [0.05, 0.1) is 20.3 Å². The summed E-state index contributed by atoms with van der Waals surface area (Å²) >= 11 is 5.26. The minimum Gasteiger partial charge on any atom is -0.495 e. The van der Waals surface area contributed by atoms with Crippen LogP contribution in [0.5, 0.6) is 11.5 Å². The molecule has 0 spiro atoms. The predicted molar refractivity (Wildman–Crippen MR) is 87.1 cm³/mol. The molecular formula is C15H18BrNO2S. The molecule has 0 saturated carbocycles. The van der Waals surface area contributed by atoms with Gasteiger partial charge in [0.1, 0.15) is 16.0 Å². The normalized spacial score (nSPS) is 12.2. The van der Waals surface area contributed by atoms with Gasteiger partial charge in [-0.1, -0.05) is 6.92 Å². The zero-order valence-corrected chi connectivity index (χ0v) is 14.2. The molecule has 0 saturated heterocycles. The molecule has 1 aromatic carbocycles. The van der Waals surface area contributed by atoms with Crippen molar-refractivity contribution in [3.8, 4) is 11.5 Å². The average Bonchev–Trinajstić information content (AvgIpc) is 2.98. The number of hydrogen-bond donors (Lipinski definition) is 1. The first-order valence-electron chi connectivity index (χ1n) is 6.38. The van der Waals surface area contributed by atoms with Crippen molar-refractivity contribution in [3.63, 3.8) is 0 Å². The lowest BCUT2D eigenvalue weighted by atomic mass is 10.00. The van der Waals surface area contributed by atoms with Crippen molar-refractivity contribution in [3.05, 3.63) is 44.6 Å². The van der Waals surface area contributed by atoms with Crippen molar-refractivity contribution in [1.29, 1.82) is 0 Å². The second-order valence-electron chi connectivity index (χ2n) is 4.25. The topological polar surface area (TPSA) is 30.5 Å². The molecule has 0 aliphatic rings. The summed E-state index contributed by atoms with van der Waals surface area (Å²) in [4.78, 5) is 0. The maximum absolute atomic E-state index is 5.58. The maximum Gasteiger partial charge on any atom is 0.141 e. The minimum absolute atomic E-state index is 0.114. The van der Waals surface area contributed by atoms with Crippen LogP contribution in [-0.2, 0) is 0 Å². The Bertz CT molecular complexity index is 557. The Labute approximate surface area is 132 Å². The van der Waals surface area contributed by atoms with Crippen LogP contribution in [0.4, 0.5) is 0 Å². The van der Waals surface area contributed by atoms with Gasteiger partial charge in [-0.15, -0.1) is 0 Å². The summed E-state index contributed by atoms with van der Waals surface area (Å²) in [6.45, 7) is 2.98. The molecule has 0 fully saturated rings. The van der Waals surface area contributed by atoms with Crippen molar-refractivity contribution < 1.29 is 9.47 Å². The van der Waals surface area contributed by atoms with E-state index in [4.69, 9.17) is 9.47 Å². The maximum atomic E-state index is 5.58. The molecule has 1 aromatic heterocycles. The zero-order chi connectivity index (χ0) is 14.5. The van der Waals surface area contributed by atoms with E-state index in [0.29, 0.717) is 0 Å². The molecule has 1 atom stereocenters. The van der Waals surface area contributed by atoms with Gasteiger partial charge in [0.15, 0.2) is 0 Å². The molecule has 2 rings (SSSR count). The highest BCUT2D eigenvalue weighted by Gasteiger charge is 2.21. The first-order valence-corrected chi connectivity index (χ1v) is 8.12. The van der Waals surface area contributed by atoms with E-state index in [9.17, 15) is 0 Å². The van der Waals surface area contributed by atoms with E-state index in [0.717, 1.165) is 28.1 Å². The first-order chi connectivity index (χ1) is 9.72. The van der Waals surface area contributed by atoms with Gasteiger partial charge < -0.3 is 14.8 Å². The van der Waals surface area contributed by atoms with Crippen LogP contribution in [0, 0.1) is 0 Å². The molecule has 2 aromatic rings. The third kappa shape index (κ3) is 3.00. The van der Waals surface area contributed by atoms with Crippen LogP contribution in [-0.4, -0.2) is 20.8 Å². The molecule has 1 unspecified atom stereocenters. The molecule has 108 valence electrons. The number of halogens is 1. The molecule has 0 bridgehead atoms. The van der Waals surface area contributed by atoms with Gasteiger partial charge in [0, 0.05) is 5.56 Å².